The lowest BCUT2D eigenvalue weighted by Gasteiger charge is -2.45. The van der Waals surface area contributed by atoms with Crippen molar-refractivity contribution in [2.75, 3.05) is 30.6 Å². The number of nitrogens with zero attached hydrogens (tertiary/aromatic N) is 4. The second-order valence-electron chi connectivity index (χ2n) is 13.6. The van der Waals surface area contributed by atoms with Crippen molar-refractivity contribution in [2.24, 2.45) is 0 Å². The van der Waals surface area contributed by atoms with E-state index in [1.807, 2.05) is 4.90 Å². The van der Waals surface area contributed by atoms with Crippen LogP contribution < -0.4 is 4.72 Å². The second kappa shape index (κ2) is 12.1. The maximum atomic E-state index is 14.6. The molecule has 7 rings (SSSR count). The van der Waals surface area contributed by atoms with Gasteiger partial charge in [0.05, 0.1) is 17.3 Å². The van der Waals surface area contributed by atoms with Crippen molar-refractivity contribution >= 4 is 32.7 Å². The third kappa shape index (κ3) is 6.05. The molecule has 0 aliphatic carbocycles. The number of nitrogens with one attached hydrogen (secondary N) is 1. The largest absolute Gasteiger partial charge is 0.339 e. The first-order chi connectivity index (χ1) is 22.1. The van der Waals surface area contributed by atoms with Crippen LogP contribution in [0, 0.1) is 12.7 Å². The number of hydrogen-bond donors (Lipinski definition) is 1. The quantitative estimate of drug-likeness (QED) is 0.244. The van der Waals surface area contributed by atoms with Gasteiger partial charge in [-0.25, -0.2) is 17.8 Å². The van der Waals surface area contributed by atoms with E-state index in [-0.39, 0.29) is 17.1 Å². The Labute approximate surface area is 270 Å². The molecule has 4 heterocycles. The van der Waals surface area contributed by atoms with Gasteiger partial charge in [-0.1, -0.05) is 30.3 Å². The van der Waals surface area contributed by atoms with E-state index >= 15 is 0 Å². The zero-order chi connectivity index (χ0) is 32.1. The average Bonchev–Trinajstić information content (AvgIpc) is 3.49. The van der Waals surface area contributed by atoms with Crippen LogP contribution in [0.3, 0.4) is 0 Å². The summed E-state index contributed by atoms with van der Waals surface area (Å²) >= 11 is 0. The van der Waals surface area contributed by atoms with Crippen LogP contribution >= 0.6 is 0 Å². The minimum atomic E-state index is -3.45. The number of imidazole rings is 1. The first-order valence-corrected chi connectivity index (χ1v) is 18.3. The number of amides is 1. The topological polar surface area (TPSA) is 87.5 Å². The molecule has 1 N–H and O–H groups in total. The van der Waals surface area contributed by atoms with Gasteiger partial charge in [-0.2, -0.15) is 0 Å². The van der Waals surface area contributed by atoms with Gasteiger partial charge in [-0.3, -0.25) is 14.4 Å². The van der Waals surface area contributed by atoms with Crippen LogP contribution in [-0.2, 0) is 15.4 Å². The van der Waals surface area contributed by atoms with Gasteiger partial charge in [0.15, 0.2) is 0 Å². The number of piperidine rings is 2. The smallest absolute Gasteiger partial charge is 0.253 e. The normalized spacial score (nSPS) is 23.1. The number of para-hydroxylation sites is 2. The van der Waals surface area contributed by atoms with Gasteiger partial charge in [-0.15, -0.1) is 0 Å². The molecule has 1 amide bonds. The minimum Gasteiger partial charge on any atom is -0.339 e. The van der Waals surface area contributed by atoms with E-state index in [1.165, 1.54) is 24.4 Å². The van der Waals surface area contributed by atoms with Crippen molar-refractivity contribution in [1.82, 2.24) is 19.4 Å². The number of carbonyl (C=O) groups excluding carboxylic acids is 1. The Kier molecular flexibility index (Phi) is 8.13. The number of aryl methyl sites for hydroxylation is 1. The van der Waals surface area contributed by atoms with Gasteiger partial charge < -0.3 is 9.47 Å². The summed E-state index contributed by atoms with van der Waals surface area (Å²) < 4.78 is 43.0. The maximum Gasteiger partial charge on any atom is 0.253 e. The number of likely N-dealkylation sites (tertiary alicyclic amines) is 1. The van der Waals surface area contributed by atoms with Crippen LogP contribution in [0.4, 0.5) is 10.1 Å². The molecule has 0 spiro atoms. The highest BCUT2D eigenvalue weighted by Crippen LogP contribution is 2.45. The van der Waals surface area contributed by atoms with E-state index in [1.54, 1.807) is 36.4 Å². The Morgan fingerprint density at radius 2 is 1.67 bits per heavy atom. The predicted octanol–water partition coefficient (Wildman–Crippen LogP) is 6.29. The Morgan fingerprint density at radius 1 is 0.957 bits per heavy atom. The van der Waals surface area contributed by atoms with Gasteiger partial charge >= 0.3 is 0 Å². The van der Waals surface area contributed by atoms with Gasteiger partial charge in [0, 0.05) is 42.5 Å². The third-order valence-corrected chi connectivity index (χ3v) is 11.3. The van der Waals surface area contributed by atoms with Crippen molar-refractivity contribution in [3.8, 4) is 0 Å². The fraction of sp³-hybridized carbons (Fsp3) is 0.444. The SMILES string of the molecule is Cc1nc2ccccc2n1C1C[C@H]2CC[C@@H](C1)N2CCC1(c2cccc(F)c2)CCN(C(=O)c2cccc(NS(C)(=O)=O)c2)CC1. The summed E-state index contributed by atoms with van der Waals surface area (Å²) in [6.07, 6.45) is 8.13. The molecule has 8 nitrogen and oxygen atoms in total. The van der Waals surface area contributed by atoms with Crippen LogP contribution in [0.15, 0.2) is 72.8 Å². The highest BCUT2D eigenvalue weighted by Gasteiger charge is 2.44. The van der Waals surface area contributed by atoms with Crippen LogP contribution in [0.5, 0.6) is 0 Å². The van der Waals surface area contributed by atoms with E-state index in [9.17, 15) is 17.6 Å². The molecule has 3 aliphatic rings. The fourth-order valence-electron chi connectivity index (χ4n) is 8.54. The lowest BCUT2D eigenvalue weighted by atomic mass is 9.70. The number of carbonyl (C=O) groups is 1. The summed E-state index contributed by atoms with van der Waals surface area (Å²) in [7, 11) is -3.45. The van der Waals surface area contributed by atoms with Gasteiger partial charge in [-0.05, 0) is 112 Å². The lowest BCUT2D eigenvalue weighted by molar-refractivity contribution is 0.0606. The molecule has 0 saturated carbocycles. The predicted molar refractivity (Wildman–Crippen MR) is 179 cm³/mol. The summed E-state index contributed by atoms with van der Waals surface area (Å²) in [6.45, 7) is 4.19. The molecule has 4 aromatic rings. The molecule has 3 aliphatic heterocycles. The maximum absolute atomic E-state index is 14.6. The molecule has 3 saturated heterocycles. The highest BCUT2D eigenvalue weighted by atomic mass is 32.2. The summed E-state index contributed by atoms with van der Waals surface area (Å²) in [5, 5.41) is 0. The zero-order valence-electron chi connectivity index (χ0n) is 26.5. The number of anilines is 1. The Hall–Kier alpha value is -3.76. The first-order valence-electron chi connectivity index (χ1n) is 16.4. The number of halogens is 1. The molecule has 0 radical (unpaired) electrons. The number of fused-ring (bicyclic) bond motifs is 3. The minimum absolute atomic E-state index is 0.118. The first kappa shape index (κ1) is 30.9. The summed E-state index contributed by atoms with van der Waals surface area (Å²) in [4.78, 5) is 22.9. The van der Waals surface area contributed by atoms with Crippen molar-refractivity contribution in [3.05, 3.63) is 95.6 Å². The van der Waals surface area contributed by atoms with E-state index in [0.717, 1.165) is 61.8 Å². The number of rotatable bonds is 8. The van der Waals surface area contributed by atoms with Crippen LogP contribution in [0.1, 0.15) is 72.7 Å². The molecule has 3 aromatic carbocycles. The number of benzene rings is 3. The summed E-state index contributed by atoms with van der Waals surface area (Å²) in [6, 6.07) is 23.6. The Bertz CT molecular complexity index is 1850. The molecule has 46 heavy (non-hydrogen) atoms. The zero-order valence-corrected chi connectivity index (χ0v) is 27.3. The molecule has 3 fully saturated rings. The van der Waals surface area contributed by atoms with Crippen LogP contribution in [0.2, 0.25) is 0 Å². The van der Waals surface area contributed by atoms with E-state index < -0.39 is 10.0 Å². The number of sulfonamides is 1. The molecular weight excluding hydrogens is 601 g/mol. The summed E-state index contributed by atoms with van der Waals surface area (Å²) in [5.41, 5.74) is 3.90. The third-order valence-electron chi connectivity index (χ3n) is 10.7. The van der Waals surface area contributed by atoms with Gasteiger partial charge in [0.25, 0.3) is 5.91 Å². The van der Waals surface area contributed by atoms with E-state index in [0.29, 0.717) is 42.5 Å². The van der Waals surface area contributed by atoms with E-state index in [2.05, 4.69) is 51.4 Å². The van der Waals surface area contributed by atoms with Crippen LogP contribution in [0.25, 0.3) is 11.0 Å². The molecule has 1 unspecified atom stereocenters. The molecular formula is C36H42FN5O3S. The van der Waals surface area contributed by atoms with Crippen molar-refractivity contribution in [2.45, 2.75) is 75.4 Å². The molecule has 3 atom stereocenters. The molecule has 2 bridgehead atoms. The number of hydrogen-bond acceptors (Lipinski definition) is 5. The molecule has 10 heteroatoms. The van der Waals surface area contributed by atoms with Crippen molar-refractivity contribution < 1.29 is 17.6 Å². The van der Waals surface area contributed by atoms with Gasteiger partial charge in [0.1, 0.15) is 11.6 Å². The van der Waals surface area contributed by atoms with E-state index in [4.69, 9.17) is 4.98 Å². The van der Waals surface area contributed by atoms with Crippen LogP contribution in [-0.4, -0.2) is 71.6 Å². The second-order valence-corrected chi connectivity index (χ2v) is 15.3. The molecule has 242 valence electrons. The number of aromatic nitrogens is 2. The van der Waals surface area contributed by atoms with Crippen molar-refractivity contribution in [3.63, 3.8) is 0 Å². The summed E-state index contributed by atoms with van der Waals surface area (Å²) in [5.74, 6) is 0.741. The Balaban J connectivity index is 1.06. The lowest BCUT2D eigenvalue weighted by Crippen LogP contribution is -2.49. The van der Waals surface area contributed by atoms with Crippen molar-refractivity contribution in [1.29, 1.82) is 0 Å². The monoisotopic (exact) mass is 643 g/mol. The van der Waals surface area contributed by atoms with Gasteiger partial charge in [0.2, 0.25) is 10.0 Å². The fourth-order valence-corrected chi connectivity index (χ4v) is 9.10. The molecule has 1 aromatic heterocycles. The average molecular weight is 644 g/mol. The standard InChI is InChI=1S/C36H42FN5O3S/c1-25-38-33-11-3-4-12-34(33)42(25)32-23-30-13-14-31(24-32)41(30)20-17-36(27-8-6-9-28(37)22-27)15-18-40(19-16-36)35(43)26-7-5-10-29(21-26)39-46(2,44)45/h3-12,21-22,30-32,39H,13-20,23-24H2,1-2H3/t30-,31+,32?. The Morgan fingerprint density at radius 3 is 2.39 bits per heavy atom. The highest BCUT2D eigenvalue weighted by molar-refractivity contribution is 7.92.